The van der Waals surface area contributed by atoms with Gasteiger partial charge in [-0.25, -0.2) is 14.4 Å². The number of alkyl halides is 3. The second-order valence-corrected chi connectivity index (χ2v) is 8.18. The third kappa shape index (κ3) is 4.46. The average molecular weight is 474 g/mol. The Bertz CT molecular complexity index is 1320. The van der Waals surface area contributed by atoms with E-state index in [9.17, 15) is 17.6 Å². The van der Waals surface area contributed by atoms with E-state index in [1.165, 1.54) is 24.4 Å². The van der Waals surface area contributed by atoms with Crippen LogP contribution in [0.5, 0.6) is 0 Å². The summed E-state index contributed by atoms with van der Waals surface area (Å²) in [5, 5.41) is 8.61. The van der Waals surface area contributed by atoms with Crippen molar-refractivity contribution in [2.24, 2.45) is 5.14 Å². The molecule has 0 spiro atoms. The molecule has 3 heterocycles. The topological polar surface area (TPSA) is 80.3 Å². The number of nitrogens with zero attached hydrogens (tertiary/aromatic N) is 3. The second kappa shape index (κ2) is 8.23. The van der Waals surface area contributed by atoms with Crippen LogP contribution >= 0.6 is 12.1 Å². The van der Waals surface area contributed by atoms with Crippen molar-refractivity contribution in [2.45, 2.75) is 24.9 Å². The fourth-order valence-electron chi connectivity index (χ4n) is 3.67. The lowest BCUT2D eigenvalue weighted by Gasteiger charge is -2.13. The Morgan fingerprint density at radius 2 is 1.76 bits per heavy atom. The Balaban J connectivity index is 1.58. The van der Waals surface area contributed by atoms with Gasteiger partial charge in [-0.1, -0.05) is 0 Å². The van der Waals surface area contributed by atoms with Crippen molar-refractivity contribution in [1.29, 1.82) is 0 Å². The van der Waals surface area contributed by atoms with Gasteiger partial charge in [0.25, 0.3) is 0 Å². The molecule has 0 amide bonds. The quantitative estimate of drug-likeness (QED) is 0.231. The molecule has 1 fully saturated rings. The van der Waals surface area contributed by atoms with Crippen molar-refractivity contribution in [3.05, 3.63) is 71.8 Å². The van der Waals surface area contributed by atoms with Crippen LogP contribution in [-0.4, -0.2) is 14.4 Å². The predicted octanol–water partition coefficient (Wildman–Crippen LogP) is 6.11. The summed E-state index contributed by atoms with van der Waals surface area (Å²) < 4.78 is 57.3. The van der Waals surface area contributed by atoms with Crippen LogP contribution in [-0.2, 0) is 6.18 Å². The van der Waals surface area contributed by atoms with Crippen molar-refractivity contribution >= 4 is 35.0 Å². The van der Waals surface area contributed by atoms with Gasteiger partial charge in [-0.3, -0.25) is 9.54 Å². The zero-order valence-electron chi connectivity index (χ0n) is 17.0. The molecule has 1 aliphatic rings. The first kappa shape index (κ1) is 21.5. The maximum absolute atomic E-state index is 14.0. The third-order valence-corrected chi connectivity index (χ3v) is 5.66. The molecule has 0 radical (unpaired) electrons. The molecule has 0 saturated heterocycles. The smallest absolute Gasteiger partial charge is 0.340 e. The Morgan fingerprint density at radius 3 is 2.42 bits per heavy atom. The van der Waals surface area contributed by atoms with Crippen molar-refractivity contribution in [1.82, 2.24) is 14.4 Å². The Kier molecular flexibility index (Phi) is 5.37. The Hall–Kier alpha value is -3.31. The van der Waals surface area contributed by atoms with Crippen molar-refractivity contribution in [3.63, 3.8) is 0 Å². The van der Waals surface area contributed by atoms with Crippen LogP contribution < -0.4 is 15.2 Å². The average Bonchev–Trinajstić information content (AvgIpc) is 3.54. The van der Waals surface area contributed by atoms with E-state index in [0.29, 0.717) is 34.2 Å². The summed E-state index contributed by atoms with van der Waals surface area (Å²) in [5.74, 6) is 0.256. The molecule has 4 aromatic rings. The standard InChI is InChI=1S/C22H18F4N6S/c23-14-5-8-19-30-20(12-1-2-12)21(32(19)11-14)17-9-16(31-33-27)10-18(29-17)28-15-6-3-13(4-7-15)22(24,25)26/h3-12H,1-2,27H2,(H2,28,29,31). The number of imidazole rings is 1. The first-order valence-corrected chi connectivity index (χ1v) is 11.0. The number of pyridine rings is 2. The predicted molar refractivity (Wildman–Crippen MR) is 120 cm³/mol. The highest BCUT2D eigenvalue weighted by molar-refractivity contribution is 7.98. The SMILES string of the molecule is NSNc1cc(Nc2ccc(C(F)(F)F)cc2)nc(-c2c(C3CC3)nc3ccc(F)cn23)c1. The molecule has 170 valence electrons. The van der Waals surface area contributed by atoms with Gasteiger partial charge in [-0.05, 0) is 55.3 Å². The summed E-state index contributed by atoms with van der Waals surface area (Å²) >= 11 is 0.896. The second-order valence-electron chi connectivity index (χ2n) is 7.74. The van der Waals surface area contributed by atoms with E-state index in [-0.39, 0.29) is 5.92 Å². The number of rotatable bonds is 6. The lowest BCUT2D eigenvalue weighted by Crippen LogP contribution is -2.05. The van der Waals surface area contributed by atoms with Gasteiger partial charge in [0.1, 0.15) is 17.3 Å². The van der Waals surface area contributed by atoms with Gasteiger partial charge < -0.3 is 10.0 Å². The molecule has 1 aliphatic carbocycles. The molecule has 3 aromatic heterocycles. The normalized spacial score (nSPS) is 14.0. The van der Waals surface area contributed by atoms with Gasteiger partial charge in [0.15, 0.2) is 0 Å². The van der Waals surface area contributed by atoms with E-state index in [0.717, 1.165) is 42.8 Å². The highest BCUT2D eigenvalue weighted by Gasteiger charge is 2.32. The molecule has 33 heavy (non-hydrogen) atoms. The number of benzene rings is 1. The van der Waals surface area contributed by atoms with E-state index in [1.54, 1.807) is 22.6 Å². The molecule has 1 aromatic carbocycles. The molecular formula is C22H18F4N6S. The minimum atomic E-state index is -4.41. The number of aromatic nitrogens is 3. The highest BCUT2D eigenvalue weighted by Crippen LogP contribution is 2.44. The van der Waals surface area contributed by atoms with Crippen LogP contribution in [0.3, 0.4) is 0 Å². The fraction of sp³-hybridized carbons (Fsp3) is 0.182. The van der Waals surface area contributed by atoms with Gasteiger partial charge in [-0.2, -0.15) is 13.2 Å². The van der Waals surface area contributed by atoms with Crippen LogP contribution in [0.2, 0.25) is 0 Å². The fourth-order valence-corrected chi connectivity index (χ4v) is 3.92. The van der Waals surface area contributed by atoms with E-state index < -0.39 is 17.6 Å². The first-order chi connectivity index (χ1) is 15.8. The number of fused-ring (bicyclic) bond motifs is 1. The number of hydrogen-bond donors (Lipinski definition) is 3. The number of halogens is 4. The Labute approximate surface area is 190 Å². The largest absolute Gasteiger partial charge is 0.416 e. The van der Waals surface area contributed by atoms with Crippen LogP contribution in [0.1, 0.15) is 30.0 Å². The van der Waals surface area contributed by atoms with Crippen LogP contribution in [0.4, 0.5) is 34.8 Å². The summed E-state index contributed by atoms with van der Waals surface area (Å²) in [7, 11) is 0. The highest BCUT2D eigenvalue weighted by atomic mass is 32.2. The van der Waals surface area contributed by atoms with Gasteiger partial charge in [0, 0.05) is 36.0 Å². The third-order valence-electron chi connectivity index (χ3n) is 5.30. The van der Waals surface area contributed by atoms with Gasteiger partial charge in [-0.15, -0.1) is 0 Å². The summed E-state index contributed by atoms with van der Waals surface area (Å²) in [5.41, 5.74) is 2.97. The summed E-state index contributed by atoms with van der Waals surface area (Å²) in [6.07, 6.45) is -1.06. The molecule has 0 aliphatic heterocycles. The molecule has 5 rings (SSSR count). The zero-order valence-corrected chi connectivity index (χ0v) is 17.8. The summed E-state index contributed by atoms with van der Waals surface area (Å²) in [6, 6.07) is 11.1. The lowest BCUT2D eigenvalue weighted by atomic mass is 10.1. The van der Waals surface area contributed by atoms with E-state index in [1.807, 2.05) is 0 Å². The van der Waals surface area contributed by atoms with Crippen molar-refractivity contribution in [2.75, 3.05) is 10.0 Å². The van der Waals surface area contributed by atoms with Crippen LogP contribution in [0.25, 0.3) is 17.0 Å². The molecule has 0 bridgehead atoms. The minimum Gasteiger partial charge on any atom is -0.340 e. The summed E-state index contributed by atoms with van der Waals surface area (Å²) in [4.78, 5) is 9.36. The monoisotopic (exact) mass is 474 g/mol. The number of nitrogens with one attached hydrogen (secondary N) is 2. The molecule has 11 heteroatoms. The van der Waals surface area contributed by atoms with Gasteiger partial charge in [0.2, 0.25) is 0 Å². The molecule has 0 atom stereocenters. The first-order valence-electron chi connectivity index (χ1n) is 10.1. The zero-order chi connectivity index (χ0) is 23.2. The van der Waals surface area contributed by atoms with Crippen LogP contribution in [0, 0.1) is 5.82 Å². The molecular weight excluding hydrogens is 456 g/mol. The van der Waals surface area contributed by atoms with Gasteiger partial charge >= 0.3 is 6.18 Å². The van der Waals surface area contributed by atoms with Crippen molar-refractivity contribution < 1.29 is 17.6 Å². The lowest BCUT2D eigenvalue weighted by molar-refractivity contribution is -0.137. The molecule has 4 N–H and O–H groups in total. The number of anilines is 3. The van der Waals surface area contributed by atoms with E-state index in [2.05, 4.69) is 15.0 Å². The molecule has 1 saturated carbocycles. The number of hydrogen-bond acceptors (Lipinski definition) is 6. The Morgan fingerprint density at radius 1 is 1.00 bits per heavy atom. The summed E-state index contributed by atoms with van der Waals surface area (Å²) in [6.45, 7) is 0. The van der Waals surface area contributed by atoms with E-state index in [4.69, 9.17) is 10.1 Å². The van der Waals surface area contributed by atoms with Crippen LogP contribution in [0.15, 0.2) is 54.7 Å². The molecule has 0 unspecified atom stereocenters. The maximum atomic E-state index is 14.0. The maximum Gasteiger partial charge on any atom is 0.416 e. The van der Waals surface area contributed by atoms with E-state index >= 15 is 0 Å². The molecule has 6 nitrogen and oxygen atoms in total. The van der Waals surface area contributed by atoms with Crippen molar-refractivity contribution in [3.8, 4) is 11.4 Å². The number of nitrogens with two attached hydrogens (primary N) is 1. The minimum absolute atomic E-state index is 0.275. The van der Waals surface area contributed by atoms with Gasteiger partial charge in [0.05, 0.1) is 28.3 Å².